The number of carbonyl (C=O) groups excluding carboxylic acids is 4. The minimum atomic E-state index is -1.10. The molecular formula is C36H53N3O7. The predicted molar refractivity (Wildman–Crippen MR) is 178 cm³/mol. The van der Waals surface area contributed by atoms with E-state index >= 15 is 0 Å². The number of amides is 3. The van der Waals surface area contributed by atoms with Gasteiger partial charge in [-0.2, -0.15) is 0 Å². The lowest BCUT2D eigenvalue weighted by Crippen LogP contribution is -2.56. The number of aryl methyl sites for hydroxylation is 2. The van der Waals surface area contributed by atoms with Crippen LogP contribution < -0.4 is 10.6 Å². The zero-order chi connectivity index (χ0) is 34.6. The molecule has 10 heteroatoms. The lowest BCUT2D eigenvalue weighted by molar-refractivity contribution is -0.146. The van der Waals surface area contributed by atoms with E-state index in [1.165, 1.54) is 12.1 Å². The average molecular weight is 640 g/mol. The summed E-state index contributed by atoms with van der Waals surface area (Å²) in [4.78, 5) is 55.6. The number of nitrogens with one attached hydrogen (secondary N) is 2. The maximum absolute atomic E-state index is 14.8. The van der Waals surface area contributed by atoms with Crippen LogP contribution in [0.1, 0.15) is 96.0 Å². The maximum Gasteiger partial charge on any atom is 0.408 e. The quantitative estimate of drug-likeness (QED) is 0.206. The van der Waals surface area contributed by atoms with Gasteiger partial charge in [-0.1, -0.05) is 44.2 Å². The lowest BCUT2D eigenvalue weighted by atomic mass is 9.94. The normalized spacial score (nSPS) is 13.3. The van der Waals surface area contributed by atoms with E-state index in [4.69, 9.17) is 9.47 Å². The van der Waals surface area contributed by atoms with Crippen molar-refractivity contribution in [1.82, 2.24) is 15.5 Å². The monoisotopic (exact) mass is 639 g/mol. The van der Waals surface area contributed by atoms with Gasteiger partial charge in [-0.15, -0.1) is 0 Å². The van der Waals surface area contributed by atoms with Crippen LogP contribution in [-0.2, 0) is 30.3 Å². The highest BCUT2D eigenvalue weighted by atomic mass is 16.6. The second-order valence-electron chi connectivity index (χ2n) is 13.2. The maximum atomic E-state index is 14.8. The van der Waals surface area contributed by atoms with Crippen LogP contribution in [0.5, 0.6) is 5.75 Å². The summed E-state index contributed by atoms with van der Waals surface area (Å²) in [6, 6.07) is 9.49. The van der Waals surface area contributed by atoms with Crippen molar-refractivity contribution in [2.45, 2.75) is 112 Å². The molecule has 3 unspecified atom stereocenters. The molecule has 3 amide bonds. The molecule has 0 aliphatic heterocycles. The minimum Gasteiger partial charge on any atom is -0.508 e. The molecule has 0 aliphatic carbocycles. The van der Waals surface area contributed by atoms with E-state index in [0.717, 1.165) is 17.5 Å². The molecule has 10 nitrogen and oxygen atoms in total. The summed E-state index contributed by atoms with van der Waals surface area (Å²) in [5.41, 5.74) is 2.50. The highest BCUT2D eigenvalue weighted by Crippen LogP contribution is 2.29. The van der Waals surface area contributed by atoms with Gasteiger partial charge in [-0.05, 0) is 102 Å². The van der Waals surface area contributed by atoms with Crippen LogP contribution in [0.4, 0.5) is 4.79 Å². The molecule has 3 N–H and O–H groups in total. The Bertz CT molecular complexity index is 1320. The highest BCUT2D eigenvalue weighted by Gasteiger charge is 2.39. The first kappa shape index (κ1) is 38.1. The Kier molecular flexibility index (Phi) is 14.6. The fourth-order valence-electron chi connectivity index (χ4n) is 5.00. The molecule has 0 aliphatic rings. The summed E-state index contributed by atoms with van der Waals surface area (Å²) in [5.74, 6) is -0.910. The zero-order valence-corrected chi connectivity index (χ0v) is 28.9. The zero-order valence-electron chi connectivity index (χ0n) is 28.9. The Labute approximate surface area is 274 Å². The van der Waals surface area contributed by atoms with Crippen molar-refractivity contribution < 1.29 is 33.8 Å². The van der Waals surface area contributed by atoms with Crippen molar-refractivity contribution in [3.63, 3.8) is 0 Å². The number of phenols is 1. The van der Waals surface area contributed by atoms with Gasteiger partial charge < -0.3 is 30.1 Å². The molecule has 0 fully saturated rings. The van der Waals surface area contributed by atoms with Gasteiger partial charge in [0.25, 0.3) is 0 Å². The van der Waals surface area contributed by atoms with E-state index in [1.54, 1.807) is 44.7 Å². The van der Waals surface area contributed by atoms with Crippen molar-refractivity contribution >= 4 is 23.9 Å². The van der Waals surface area contributed by atoms with Gasteiger partial charge in [0.1, 0.15) is 23.4 Å². The Morgan fingerprint density at radius 3 is 2.15 bits per heavy atom. The van der Waals surface area contributed by atoms with Gasteiger partial charge in [0.2, 0.25) is 11.8 Å². The number of esters is 1. The third kappa shape index (κ3) is 12.4. The first-order chi connectivity index (χ1) is 21.5. The standard InChI is InChI=1S/C36H53N3O7/c1-10-45-31(41)19-20-37-33(42)32(28-16-12-24(4)25(5)21-28)39(26(6)13-11-23(2)3)34(43)30(38-35(44)46-36(7,8)9)22-27-14-17-29(40)18-15-27/h12,14-18,21,23,26,30,32,40H,10-11,13,19-20,22H2,1-9H3,(H,37,42)(H,38,44). The van der Waals surface area contributed by atoms with Gasteiger partial charge in [-0.3, -0.25) is 14.4 Å². The summed E-state index contributed by atoms with van der Waals surface area (Å²) >= 11 is 0. The number of nitrogens with zero attached hydrogens (tertiary/aromatic N) is 1. The summed E-state index contributed by atoms with van der Waals surface area (Å²) in [5, 5.41) is 15.5. The number of benzene rings is 2. The number of carbonyl (C=O) groups is 4. The molecule has 46 heavy (non-hydrogen) atoms. The van der Waals surface area contributed by atoms with Gasteiger partial charge in [-0.25, -0.2) is 4.79 Å². The molecule has 2 aromatic carbocycles. The van der Waals surface area contributed by atoms with E-state index in [9.17, 15) is 24.3 Å². The Hall–Kier alpha value is -4.08. The van der Waals surface area contributed by atoms with Crippen LogP contribution in [0.2, 0.25) is 0 Å². The van der Waals surface area contributed by atoms with Crippen LogP contribution in [0.15, 0.2) is 42.5 Å². The van der Waals surface area contributed by atoms with Crippen molar-refractivity contribution in [3.05, 3.63) is 64.7 Å². The molecule has 0 heterocycles. The van der Waals surface area contributed by atoms with E-state index in [0.29, 0.717) is 23.5 Å². The van der Waals surface area contributed by atoms with Crippen molar-refractivity contribution in [1.29, 1.82) is 0 Å². The van der Waals surface area contributed by atoms with Crippen molar-refractivity contribution in [3.8, 4) is 5.75 Å². The lowest BCUT2D eigenvalue weighted by Gasteiger charge is -2.39. The number of aromatic hydroxyl groups is 1. The molecule has 0 saturated heterocycles. The molecular weight excluding hydrogens is 586 g/mol. The smallest absolute Gasteiger partial charge is 0.408 e. The van der Waals surface area contributed by atoms with Crippen molar-refractivity contribution in [2.24, 2.45) is 5.92 Å². The molecule has 0 radical (unpaired) electrons. The predicted octanol–water partition coefficient (Wildman–Crippen LogP) is 5.91. The largest absolute Gasteiger partial charge is 0.508 e. The van der Waals surface area contributed by atoms with Gasteiger partial charge in [0, 0.05) is 19.0 Å². The average Bonchev–Trinajstić information content (AvgIpc) is 2.95. The number of hydrogen-bond acceptors (Lipinski definition) is 7. The molecule has 0 bridgehead atoms. The summed E-state index contributed by atoms with van der Waals surface area (Å²) < 4.78 is 10.5. The SMILES string of the molecule is CCOC(=O)CCNC(=O)C(c1ccc(C)c(C)c1)N(C(=O)C(Cc1ccc(O)cc1)NC(=O)OC(C)(C)C)C(C)CCC(C)C. The number of hydrogen-bond donors (Lipinski definition) is 3. The van der Waals surface area contributed by atoms with Crippen LogP contribution in [0, 0.1) is 19.8 Å². The first-order valence-electron chi connectivity index (χ1n) is 16.1. The van der Waals surface area contributed by atoms with Gasteiger partial charge >= 0.3 is 12.1 Å². The molecule has 2 aromatic rings. The molecule has 0 saturated carbocycles. The van der Waals surface area contributed by atoms with E-state index in [1.807, 2.05) is 39.0 Å². The molecule has 0 spiro atoms. The highest BCUT2D eigenvalue weighted by molar-refractivity contribution is 5.92. The van der Waals surface area contributed by atoms with Gasteiger partial charge in [0.05, 0.1) is 13.0 Å². The Balaban J connectivity index is 2.65. The fourth-order valence-corrected chi connectivity index (χ4v) is 5.00. The Morgan fingerprint density at radius 1 is 0.935 bits per heavy atom. The fraction of sp³-hybridized carbons (Fsp3) is 0.556. The second kappa shape index (κ2) is 17.6. The third-order valence-electron chi connectivity index (χ3n) is 7.56. The van der Waals surface area contributed by atoms with Crippen LogP contribution in [0.25, 0.3) is 0 Å². The van der Waals surface area contributed by atoms with Crippen molar-refractivity contribution in [2.75, 3.05) is 13.2 Å². The van der Waals surface area contributed by atoms with Crippen LogP contribution in [0.3, 0.4) is 0 Å². The number of rotatable bonds is 15. The topological polar surface area (TPSA) is 134 Å². The number of ether oxygens (including phenoxy) is 2. The third-order valence-corrected chi connectivity index (χ3v) is 7.56. The van der Waals surface area contributed by atoms with E-state index < -0.39 is 47.6 Å². The molecule has 254 valence electrons. The first-order valence-corrected chi connectivity index (χ1v) is 16.1. The summed E-state index contributed by atoms with van der Waals surface area (Å²) in [6.45, 7) is 17.2. The molecule has 0 aromatic heterocycles. The summed E-state index contributed by atoms with van der Waals surface area (Å²) in [6.07, 6.45) is 0.729. The second-order valence-corrected chi connectivity index (χ2v) is 13.2. The Morgan fingerprint density at radius 2 is 1.59 bits per heavy atom. The van der Waals surface area contributed by atoms with E-state index in [-0.39, 0.29) is 31.7 Å². The van der Waals surface area contributed by atoms with E-state index in [2.05, 4.69) is 24.5 Å². The molecule has 2 rings (SSSR count). The van der Waals surface area contributed by atoms with Gasteiger partial charge in [0.15, 0.2) is 0 Å². The van der Waals surface area contributed by atoms with Crippen LogP contribution >= 0.6 is 0 Å². The van der Waals surface area contributed by atoms with Crippen LogP contribution in [-0.4, -0.2) is 64.7 Å². The summed E-state index contributed by atoms with van der Waals surface area (Å²) in [7, 11) is 0. The number of alkyl carbamates (subject to hydrolysis) is 1. The number of phenolic OH excluding ortho intramolecular Hbond substituents is 1. The minimum absolute atomic E-state index is 0.0141. The molecule has 3 atom stereocenters.